The fourth-order valence-electron chi connectivity index (χ4n) is 3.09. The maximum Gasteiger partial charge on any atom is 4.00 e. The van der Waals surface area contributed by atoms with Gasteiger partial charge in [0, 0.05) is 37.2 Å². The average molecular weight is 746 g/mol. The molecule has 6 aromatic heterocycles. The van der Waals surface area contributed by atoms with Crippen molar-refractivity contribution >= 4 is 23.9 Å². The SMILES string of the molecule is O=C([O-])C(=O)[O-].O=C([O-])C(=O)[O-].[Ru+4].c1ccc(-c2ccccn2)nc1.c1ccc(-c2ccccn2)nc1.c1ccc(-c2ccccn2)nc1. The number of hydrogen-bond donors (Lipinski definition) is 0. The van der Waals surface area contributed by atoms with Crippen molar-refractivity contribution in [1.29, 1.82) is 0 Å². The molecule has 0 radical (unpaired) electrons. The second-order valence-corrected chi connectivity index (χ2v) is 8.44. The summed E-state index contributed by atoms with van der Waals surface area (Å²) in [4.78, 5) is 60.8. The molecule has 0 aliphatic carbocycles. The van der Waals surface area contributed by atoms with Crippen molar-refractivity contribution < 1.29 is 59.1 Å². The summed E-state index contributed by atoms with van der Waals surface area (Å²) < 4.78 is 0. The van der Waals surface area contributed by atoms with Crippen LogP contribution in [0.1, 0.15) is 0 Å². The molecule has 14 nitrogen and oxygen atoms in total. The first-order chi connectivity index (χ1) is 23.2. The van der Waals surface area contributed by atoms with Crippen LogP contribution >= 0.6 is 0 Å². The van der Waals surface area contributed by atoms with Gasteiger partial charge in [-0.15, -0.1) is 0 Å². The monoisotopic (exact) mass is 746 g/mol. The van der Waals surface area contributed by atoms with E-state index in [1.807, 2.05) is 109 Å². The van der Waals surface area contributed by atoms with Crippen LogP contribution in [0.5, 0.6) is 0 Å². The maximum atomic E-state index is 8.93. The third-order valence-electron chi connectivity index (χ3n) is 5.11. The van der Waals surface area contributed by atoms with E-state index in [0.29, 0.717) is 0 Å². The number of aromatic nitrogens is 6. The molecule has 0 aromatic carbocycles. The number of hydrogen-bond acceptors (Lipinski definition) is 14. The summed E-state index contributed by atoms with van der Waals surface area (Å²) in [6.07, 6.45) is 10.6. The number of carbonyl (C=O) groups is 4. The van der Waals surface area contributed by atoms with Gasteiger partial charge in [-0.2, -0.15) is 0 Å². The van der Waals surface area contributed by atoms with Crippen molar-refractivity contribution in [3.8, 4) is 34.2 Å². The number of rotatable bonds is 3. The molecule has 0 saturated heterocycles. The van der Waals surface area contributed by atoms with E-state index in [2.05, 4.69) is 29.9 Å². The second-order valence-electron chi connectivity index (χ2n) is 8.44. The van der Waals surface area contributed by atoms with Crippen LogP contribution in [0.2, 0.25) is 0 Å². The van der Waals surface area contributed by atoms with Crippen LogP contribution < -0.4 is 20.4 Å². The minimum Gasteiger partial charge on any atom is -0.543 e. The number of carbonyl (C=O) groups excluding carboxylic acids is 4. The normalized spacial score (nSPS) is 8.90. The Hall–Kier alpha value is -6.60. The zero-order valence-electron chi connectivity index (χ0n) is 25.2. The van der Waals surface area contributed by atoms with Gasteiger partial charge in [0.05, 0.1) is 58.0 Å². The Balaban J connectivity index is 0.000000315. The second kappa shape index (κ2) is 23.7. The van der Waals surface area contributed by atoms with Crippen LogP contribution in [0.25, 0.3) is 34.2 Å². The standard InChI is InChI=1S/3C10H8N2.2C2H2O4.Ru/c3*1-3-7-11-9(5-1)10-6-2-4-8-12-10;2*3-1(4)2(5)6;/h3*1-8H;2*(H,3,4)(H,5,6);/q;;;;;+4/p-4. The van der Waals surface area contributed by atoms with E-state index in [-0.39, 0.29) is 19.5 Å². The number of pyridine rings is 6. The molecule has 0 aliphatic heterocycles. The molecule has 49 heavy (non-hydrogen) atoms. The van der Waals surface area contributed by atoms with E-state index in [1.165, 1.54) is 0 Å². The molecule has 0 amide bonds. The Morgan fingerprint density at radius 1 is 0.306 bits per heavy atom. The smallest absolute Gasteiger partial charge is 0.543 e. The van der Waals surface area contributed by atoms with E-state index >= 15 is 0 Å². The molecular formula is C34H24N6O8Ru. The van der Waals surface area contributed by atoms with E-state index in [0.717, 1.165) is 34.2 Å². The van der Waals surface area contributed by atoms with Crippen LogP contribution in [0.4, 0.5) is 0 Å². The molecule has 0 atom stereocenters. The predicted molar refractivity (Wildman–Crippen MR) is 162 cm³/mol. The number of carboxylic acids is 4. The minimum atomic E-state index is -2.19. The van der Waals surface area contributed by atoms with Gasteiger partial charge in [-0.25, -0.2) is 0 Å². The summed E-state index contributed by atoms with van der Waals surface area (Å²) in [7, 11) is 0. The average Bonchev–Trinajstić information content (AvgIpc) is 3.15. The van der Waals surface area contributed by atoms with Crippen molar-refractivity contribution in [3.63, 3.8) is 0 Å². The molecule has 0 N–H and O–H groups in total. The summed E-state index contributed by atoms with van der Waals surface area (Å²) >= 11 is 0. The number of carboxylic acid groups (broad SMARTS) is 4. The van der Waals surface area contributed by atoms with Crippen molar-refractivity contribution in [3.05, 3.63) is 146 Å². The van der Waals surface area contributed by atoms with Crippen molar-refractivity contribution in [2.75, 3.05) is 0 Å². The molecule has 6 aromatic rings. The van der Waals surface area contributed by atoms with Crippen molar-refractivity contribution in [2.24, 2.45) is 0 Å². The molecule has 6 rings (SSSR count). The van der Waals surface area contributed by atoms with Crippen LogP contribution in [0, 0.1) is 0 Å². The minimum absolute atomic E-state index is 0. The Labute approximate surface area is 292 Å². The van der Waals surface area contributed by atoms with Gasteiger partial charge in [-0.1, -0.05) is 36.4 Å². The van der Waals surface area contributed by atoms with Gasteiger partial charge in [0.2, 0.25) is 0 Å². The van der Waals surface area contributed by atoms with Gasteiger partial charge in [0.15, 0.2) is 0 Å². The van der Waals surface area contributed by atoms with E-state index in [1.54, 1.807) is 37.2 Å². The van der Waals surface area contributed by atoms with Gasteiger partial charge in [0.1, 0.15) is 0 Å². The molecular weight excluding hydrogens is 721 g/mol. The largest absolute Gasteiger partial charge is 4.00 e. The first kappa shape index (κ1) is 40.4. The Bertz CT molecular complexity index is 1470. The fourth-order valence-corrected chi connectivity index (χ4v) is 3.09. The Morgan fingerprint density at radius 3 is 0.531 bits per heavy atom. The van der Waals surface area contributed by atoms with Crippen LogP contribution in [-0.4, -0.2) is 53.8 Å². The van der Waals surface area contributed by atoms with E-state index in [9.17, 15) is 0 Å². The quantitative estimate of drug-likeness (QED) is 0.163. The molecule has 0 spiro atoms. The summed E-state index contributed by atoms with van der Waals surface area (Å²) in [5.74, 6) is -8.74. The maximum absolute atomic E-state index is 8.93. The molecule has 0 aliphatic rings. The van der Waals surface area contributed by atoms with Crippen LogP contribution in [0.3, 0.4) is 0 Å². The Kier molecular flexibility index (Phi) is 19.6. The van der Waals surface area contributed by atoms with Crippen LogP contribution in [0.15, 0.2) is 146 Å². The molecule has 6 heterocycles. The van der Waals surface area contributed by atoms with Gasteiger partial charge in [-0.05, 0) is 72.8 Å². The summed E-state index contributed by atoms with van der Waals surface area (Å²) in [6, 6.07) is 34.8. The topological polar surface area (TPSA) is 238 Å². The summed E-state index contributed by atoms with van der Waals surface area (Å²) in [5, 5.41) is 35.7. The molecule has 0 unspecified atom stereocenters. The van der Waals surface area contributed by atoms with Crippen molar-refractivity contribution in [2.45, 2.75) is 0 Å². The first-order valence-electron chi connectivity index (χ1n) is 13.5. The predicted octanol–water partition coefficient (Wildman–Crippen LogP) is -0.599. The fraction of sp³-hybridized carbons (Fsp3) is 0. The van der Waals surface area contributed by atoms with Crippen LogP contribution in [-0.2, 0) is 38.7 Å². The molecule has 0 bridgehead atoms. The van der Waals surface area contributed by atoms with E-state index in [4.69, 9.17) is 39.6 Å². The van der Waals surface area contributed by atoms with Gasteiger partial charge >= 0.3 is 19.5 Å². The molecule has 0 fully saturated rings. The number of nitrogens with zero attached hydrogens (tertiary/aromatic N) is 6. The summed E-state index contributed by atoms with van der Waals surface area (Å²) in [6.45, 7) is 0. The third kappa shape index (κ3) is 17.0. The van der Waals surface area contributed by atoms with Gasteiger partial charge < -0.3 is 39.6 Å². The van der Waals surface area contributed by atoms with E-state index < -0.39 is 23.9 Å². The Morgan fingerprint density at radius 2 is 0.449 bits per heavy atom. The first-order valence-corrected chi connectivity index (χ1v) is 13.5. The molecule has 15 heteroatoms. The zero-order valence-corrected chi connectivity index (χ0v) is 26.9. The van der Waals surface area contributed by atoms with Gasteiger partial charge in [-0.3, -0.25) is 29.9 Å². The third-order valence-corrected chi connectivity index (χ3v) is 5.11. The van der Waals surface area contributed by atoms with Gasteiger partial charge in [0.25, 0.3) is 0 Å². The zero-order chi connectivity index (χ0) is 35.0. The van der Waals surface area contributed by atoms with Crippen molar-refractivity contribution in [1.82, 2.24) is 29.9 Å². The molecule has 246 valence electrons. The summed E-state index contributed by atoms with van der Waals surface area (Å²) in [5.41, 5.74) is 5.49. The molecule has 0 saturated carbocycles. The number of aliphatic carboxylic acids is 4.